The Labute approximate surface area is 97.0 Å². The van der Waals surface area contributed by atoms with Crippen molar-refractivity contribution in [2.75, 3.05) is 7.05 Å². The molecule has 0 aromatic rings. The summed E-state index contributed by atoms with van der Waals surface area (Å²) in [7, 11) is -1.85. The molecule has 2 fully saturated rings. The molecule has 0 aromatic carbocycles. The van der Waals surface area contributed by atoms with Crippen LogP contribution in [-0.2, 0) is 10.2 Å². The van der Waals surface area contributed by atoms with Gasteiger partial charge in [-0.3, -0.25) is 0 Å². The number of aliphatic hydroxyl groups is 1. The number of likely N-dealkylation sites (N-methyl/N-ethyl adjacent to an activating group) is 1. The SMILES string of the molecule is CN(C1CCCCC1O)S(=O)(=O)NC1CC1. The largest absolute Gasteiger partial charge is 0.391 e. The van der Waals surface area contributed by atoms with Crippen molar-refractivity contribution >= 4 is 10.2 Å². The van der Waals surface area contributed by atoms with Gasteiger partial charge in [0.2, 0.25) is 0 Å². The number of aliphatic hydroxyl groups excluding tert-OH is 1. The summed E-state index contributed by atoms with van der Waals surface area (Å²) in [5.41, 5.74) is 0. The second-order valence-electron chi connectivity index (χ2n) is 4.83. The highest BCUT2D eigenvalue weighted by atomic mass is 32.2. The van der Waals surface area contributed by atoms with E-state index in [1.807, 2.05) is 0 Å². The normalized spacial score (nSPS) is 31.9. The van der Waals surface area contributed by atoms with Crippen LogP contribution in [0.25, 0.3) is 0 Å². The minimum Gasteiger partial charge on any atom is -0.391 e. The van der Waals surface area contributed by atoms with Gasteiger partial charge >= 0.3 is 0 Å². The van der Waals surface area contributed by atoms with Crippen LogP contribution in [0.5, 0.6) is 0 Å². The summed E-state index contributed by atoms with van der Waals surface area (Å²) in [6.07, 6.45) is 4.78. The predicted molar refractivity (Wildman–Crippen MR) is 61.1 cm³/mol. The first-order valence-electron chi connectivity index (χ1n) is 5.94. The molecule has 94 valence electrons. The van der Waals surface area contributed by atoms with Crippen LogP contribution in [0.2, 0.25) is 0 Å². The summed E-state index contributed by atoms with van der Waals surface area (Å²) in [6.45, 7) is 0. The topological polar surface area (TPSA) is 69.6 Å². The van der Waals surface area contributed by atoms with Gasteiger partial charge in [0, 0.05) is 13.1 Å². The van der Waals surface area contributed by atoms with E-state index in [0.29, 0.717) is 6.42 Å². The maximum absolute atomic E-state index is 11.9. The van der Waals surface area contributed by atoms with Crippen LogP contribution in [0.1, 0.15) is 38.5 Å². The molecule has 0 bridgehead atoms. The van der Waals surface area contributed by atoms with Gasteiger partial charge in [-0.1, -0.05) is 12.8 Å². The van der Waals surface area contributed by atoms with Crippen molar-refractivity contribution in [2.24, 2.45) is 0 Å². The third kappa shape index (κ3) is 2.74. The number of nitrogens with one attached hydrogen (secondary N) is 1. The van der Waals surface area contributed by atoms with Gasteiger partial charge in [-0.15, -0.1) is 0 Å². The molecular formula is C10H20N2O3S. The Morgan fingerprint density at radius 3 is 2.38 bits per heavy atom. The molecule has 0 heterocycles. The maximum Gasteiger partial charge on any atom is 0.279 e. The van der Waals surface area contributed by atoms with Gasteiger partial charge in [0.05, 0.1) is 12.1 Å². The van der Waals surface area contributed by atoms with Gasteiger partial charge in [-0.2, -0.15) is 17.4 Å². The van der Waals surface area contributed by atoms with Crippen molar-refractivity contribution in [3.63, 3.8) is 0 Å². The van der Waals surface area contributed by atoms with Crippen molar-refractivity contribution in [2.45, 2.75) is 56.7 Å². The van der Waals surface area contributed by atoms with E-state index in [1.165, 1.54) is 4.31 Å². The van der Waals surface area contributed by atoms with Gasteiger partial charge in [0.25, 0.3) is 10.2 Å². The molecule has 0 amide bonds. The zero-order valence-corrected chi connectivity index (χ0v) is 10.4. The zero-order valence-electron chi connectivity index (χ0n) is 9.59. The Bertz CT molecular complexity index is 340. The molecule has 6 heteroatoms. The molecule has 2 atom stereocenters. The van der Waals surface area contributed by atoms with Crippen molar-refractivity contribution in [1.82, 2.24) is 9.03 Å². The van der Waals surface area contributed by atoms with E-state index >= 15 is 0 Å². The molecule has 0 spiro atoms. The summed E-state index contributed by atoms with van der Waals surface area (Å²) in [6, 6.07) is -0.141. The second kappa shape index (κ2) is 4.60. The highest BCUT2D eigenvalue weighted by molar-refractivity contribution is 7.87. The molecule has 0 saturated heterocycles. The molecule has 2 N–H and O–H groups in total. The second-order valence-corrected chi connectivity index (χ2v) is 6.59. The molecule has 0 aromatic heterocycles. The molecule has 2 aliphatic rings. The van der Waals surface area contributed by atoms with E-state index in [0.717, 1.165) is 32.1 Å². The summed E-state index contributed by atoms with van der Waals surface area (Å²) < 4.78 is 27.8. The molecule has 2 rings (SSSR count). The van der Waals surface area contributed by atoms with Crippen LogP contribution in [0, 0.1) is 0 Å². The summed E-state index contributed by atoms with van der Waals surface area (Å²) in [5.74, 6) is 0. The van der Waals surface area contributed by atoms with Crippen LogP contribution in [0.15, 0.2) is 0 Å². The summed E-state index contributed by atoms with van der Waals surface area (Å²) in [4.78, 5) is 0. The minimum atomic E-state index is -3.41. The average molecular weight is 248 g/mol. The first kappa shape index (κ1) is 12.3. The molecule has 2 saturated carbocycles. The van der Waals surface area contributed by atoms with E-state index in [2.05, 4.69) is 4.72 Å². The van der Waals surface area contributed by atoms with Gasteiger partial charge in [-0.05, 0) is 25.7 Å². The smallest absolute Gasteiger partial charge is 0.279 e. The van der Waals surface area contributed by atoms with E-state index in [-0.39, 0.29) is 12.1 Å². The van der Waals surface area contributed by atoms with Crippen LogP contribution >= 0.6 is 0 Å². The number of hydrogen-bond donors (Lipinski definition) is 2. The Hall–Kier alpha value is -0.170. The fourth-order valence-corrected chi connectivity index (χ4v) is 3.61. The van der Waals surface area contributed by atoms with Gasteiger partial charge in [0.15, 0.2) is 0 Å². The highest BCUT2D eigenvalue weighted by Crippen LogP contribution is 2.25. The average Bonchev–Trinajstić information content (AvgIpc) is 3.01. The van der Waals surface area contributed by atoms with Crippen LogP contribution in [-0.4, -0.2) is 43.1 Å². The predicted octanol–water partition coefficient (Wildman–Crippen LogP) is 0.218. The van der Waals surface area contributed by atoms with Crippen molar-refractivity contribution in [3.05, 3.63) is 0 Å². The fourth-order valence-electron chi connectivity index (χ4n) is 2.19. The third-order valence-electron chi connectivity index (χ3n) is 3.43. The minimum absolute atomic E-state index is 0.119. The van der Waals surface area contributed by atoms with Gasteiger partial charge < -0.3 is 5.11 Å². The molecular weight excluding hydrogens is 228 g/mol. The van der Waals surface area contributed by atoms with E-state index in [1.54, 1.807) is 7.05 Å². The lowest BCUT2D eigenvalue weighted by Crippen LogP contribution is -2.50. The lowest BCUT2D eigenvalue weighted by atomic mass is 9.93. The summed E-state index contributed by atoms with van der Waals surface area (Å²) >= 11 is 0. The molecule has 0 radical (unpaired) electrons. The Morgan fingerprint density at radius 2 is 1.81 bits per heavy atom. The van der Waals surface area contributed by atoms with E-state index < -0.39 is 16.3 Å². The van der Waals surface area contributed by atoms with Crippen molar-refractivity contribution in [3.8, 4) is 0 Å². The molecule has 5 nitrogen and oxygen atoms in total. The molecule has 16 heavy (non-hydrogen) atoms. The van der Waals surface area contributed by atoms with Gasteiger partial charge in [-0.25, -0.2) is 0 Å². The van der Waals surface area contributed by atoms with E-state index in [9.17, 15) is 13.5 Å². The molecule has 2 unspecified atom stereocenters. The first-order chi connectivity index (χ1) is 7.50. The Balaban J connectivity index is 2.01. The maximum atomic E-state index is 11.9. The van der Waals surface area contributed by atoms with E-state index in [4.69, 9.17) is 0 Å². The first-order valence-corrected chi connectivity index (χ1v) is 7.38. The third-order valence-corrected chi connectivity index (χ3v) is 5.09. The number of hydrogen-bond acceptors (Lipinski definition) is 3. The quantitative estimate of drug-likeness (QED) is 0.747. The molecule has 0 aliphatic heterocycles. The zero-order chi connectivity index (χ0) is 11.8. The van der Waals surface area contributed by atoms with Crippen LogP contribution < -0.4 is 4.72 Å². The monoisotopic (exact) mass is 248 g/mol. The van der Waals surface area contributed by atoms with Crippen molar-refractivity contribution in [1.29, 1.82) is 0 Å². The number of rotatable bonds is 4. The Morgan fingerprint density at radius 1 is 1.19 bits per heavy atom. The summed E-state index contributed by atoms with van der Waals surface area (Å²) in [5, 5.41) is 9.82. The van der Waals surface area contributed by atoms with Crippen LogP contribution in [0.3, 0.4) is 0 Å². The van der Waals surface area contributed by atoms with Gasteiger partial charge in [0.1, 0.15) is 0 Å². The Kier molecular flexibility index (Phi) is 3.53. The fraction of sp³-hybridized carbons (Fsp3) is 1.00. The standard InChI is InChI=1S/C10H20N2O3S/c1-12(9-4-2-3-5-10(9)13)16(14,15)11-8-6-7-8/h8-11,13H,2-7H2,1H3. The lowest BCUT2D eigenvalue weighted by molar-refractivity contribution is 0.0633. The van der Waals surface area contributed by atoms with Crippen LogP contribution in [0.4, 0.5) is 0 Å². The van der Waals surface area contributed by atoms with Crippen molar-refractivity contribution < 1.29 is 13.5 Å². The lowest BCUT2D eigenvalue weighted by Gasteiger charge is -2.34. The highest BCUT2D eigenvalue weighted by Gasteiger charge is 2.36. The molecule has 2 aliphatic carbocycles. The number of nitrogens with zero attached hydrogens (tertiary/aromatic N) is 1.